The first-order valence-corrected chi connectivity index (χ1v) is 8.24. The number of unbranched alkanes of at least 4 members (excludes halogenated alkanes) is 3. The van der Waals surface area contributed by atoms with Gasteiger partial charge in [0.25, 0.3) is 0 Å². The number of hydrogen-bond acceptors (Lipinski definition) is 6. The van der Waals surface area contributed by atoms with Crippen molar-refractivity contribution in [3.05, 3.63) is 24.3 Å². The summed E-state index contributed by atoms with van der Waals surface area (Å²) < 4.78 is 9.90. The molecule has 0 saturated heterocycles. The van der Waals surface area contributed by atoms with Gasteiger partial charge in [-0.2, -0.15) is 0 Å². The minimum atomic E-state index is -0.863. The van der Waals surface area contributed by atoms with Crippen LogP contribution in [0.3, 0.4) is 0 Å². The maximum absolute atomic E-state index is 11.2. The lowest BCUT2D eigenvalue weighted by Gasteiger charge is -2.17. The molecule has 24 heavy (non-hydrogen) atoms. The molecule has 0 fully saturated rings. The largest absolute Gasteiger partial charge is 0.422 e. The minimum absolute atomic E-state index is 0.271. The van der Waals surface area contributed by atoms with Crippen LogP contribution in [-0.4, -0.2) is 41.7 Å². The average molecular weight is 344 g/mol. The van der Waals surface area contributed by atoms with Gasteiger partial charge in [-0.15, -0.1) is 0 Å². The number of aliphatic hydroxyl groups excluding tert-OH is 2. The van der Waals surface area contributed by atoms with E-state index in [4.69, 9.17) is 19.7 Å². The Hall–Kier alpha value is -1.66. The Balaban J connectivity index is 0. The third-order valence-corrected chi connectivity index (χ3v) is 2.76. The third-order valence-electron chi connectivity index (χ3n) is 2.76. The molecule has 0 rings (SSSR count). The van der Waals surface area contributed by atoms with Gasteiger partial charge in [0.2, 0.25) is 6.29 Å². The van der Waals surface area contributed by atoms with Crippen molar-refractivity contribution >= 4 is 11.9 Å². The normalized spacial score (nSPS) is 9.75. The number of rotatable bonds is 11. The highest BCUT2D eigenvalue weighted by molar-refractivity contribution is 5.88. The highest BCUT2D eigenvalue weighted by atomic mass is 16.7. The lowest BCUT2D eigenvalue weighted by Crippen LogP contribution is -2.25. The highest BCUT2D eigenvalue weighted by Crippen LogP contribution is 2.09. The number of carbonyl (C=O) groups is 2. The summed E-state index contributed by atoms with van der Waals surface area (Å²) in [6.45, 7) is 12.4. The fourth-order valence-electron chi connectivity index (χ4n) is 1.39. The Kier molecular flexibility index (Phi) is 16.6. The molecule has 0 aliphatic heterocycles. The van der Waals surface area contributed by atoms with Crippen molar-refractivity contribution in [2.24, 2.45) is 0 Å². The quantitative estimate of drug-likeness (QED) is 0.259. The maximum atomic E-state index is 11.2. The van der Waals surface area contributed by atoms with E-state index in [0.717, 1.165) is 32.1 Å². The highest BCUT2D eigenvalue weighted by Gasteiger charge is 2.18. The number of aliphatic hydroxyl groups is 2. The summed E-state index contributed by atoms with van der Waals surface area (Å²) >= 11 is 0. The first-order chi connectivity index (χ1) is 11.3. The van der Waals surface area contributed by atoms with Crippen molar-refractivity contribution in [3.8, 4) is 0 Å². The summed E-state index contributed by atoms with van der Waals surface area (Å²) in [5.74, 6) is -1.12. The van der Waals surface area contributed by atoms with E-state index in [1.807, 2.05) is 6.92 Å². The van der Waals surface area contributed by atoms with Crippen molar-refractivity contribution in [1.82, 2.24) is 0 Å². The van der Waals surface area contributed by atoms with Gasteiger partial charge in [-0.3, -0.25) is 0 Å². The molecule has 0 atom stereocenters. The van der Waals surface area contributed by atoms with Crippen LogP contribution in [-0.2, 0) is 19.1 Å². The van der Waals surface area contributed by atoms with Gasteiger partial charge in [0, 0.05) is 30.8 Å². The molecule has 0 aromatic rings. The molecule has 0 unspecified atom stereocenters. The molecule has 0 aliphatic rings. The number of ether oxygens (including phenoxy) is 2. The van der Waals surface area contributed by atoms with E-state index in [1.54, 1.807) is 0 Å². The standard InChI is InChI=1S/C12H18O4.C6H14O2/c1-6-7-10(15-11(13)8(2)3)16-12(14)9(4)5;7-5-3-1-2-4-6-8/h10H,2,4,6-7H2,1,3,5H3;7-8H,1-6H2. The smallest absolute Gasteiger partial charge is 0.336 e. The second-order valence-corrected chi connectivity index (χ2v) is 5.45. The van der Waals surface area contributed by atoms with Crippen LogP contribution in [0.25, 0.3) is 0 Å². The Morgan fingerprint density at radius 1 is 0.875 bits per heavy atom. The molecule has 2 N–H and O–H groups in total. The van der Waals surface area contributed by atoms with Crippen LogP contribution >= 0.6 is 0 Å². The molecule has 0 bridgehead atoms. The van der Waals surface area contributed by atoms with Gasteiger partial charge < -0.3 is 19.7 Å². The molecule has 0 heterocycles. The van der Waals surface area contributed by atoms with E-state index in [9.17, 15) is 9.59 Å². The molecule has 0 amide bonds. The summed E-state index contributed by atoms with van der Waals surface area (Å²) in [4.78, 5) is 22.5. The third kappa shape index (κ3) is 15.2. The van der Waals surface area contributed by atoms with Gasteiger partial charge in [0.1, 0.15) is 0 Å². The predicted octanol–water partition coefficient (Wildman–Crippen LogP) is 2.88. The fourth-order valence-corrected chi connectivity index (χ4v) is 1.39. The monoisotopic (exact) mass is 344 g/mol. The lowest BCUT2D eigenvalue weighted by molar-refractivity contribution is -0.183. The van der Waals surface area contributed by atoms with Crippen LogP contribution in [0.2, 0.25) is 0 Å². The van der Waals surface area contributed by atoms with E-state index >= 15 is 0 Å². The van der Waals surface area contributed by atoms with Crippen LogP contribution in [0.4, 0.5) is 0 Å². The molecular formula is C18H32O6. The van der Waals surface area contributed by atoms with E-state index in [1.165, 1.54) is 13.8 Å². The zero-order chi connectivity index (χ0) is 19.0. The Morgan fingerprint density at radius 2 is 1.25 bits per heavy atom. The van der Waals surface area contributed by atoms with Gasteiger partial charge in [-0.1, -0.05) is 32.9 Å². The zero-order valence-corrected chi connectivity index (χ0v) is 15.2. The molecule has 0 saturated carbocycles. The van der Waals surface area contributed by atoms with Crippen molar-refractivity contribution in [2.45, 2.75) is 65.6 Å². The second kappa shape index (κ2) is 16.2. The SMILES string of the molecule is C=C(C)C(=O)OC(CCC)OC(=O)C(=C)C.OCCCCCCO. The zero-order valence-electron chi connectivity index (χ0n) is 15.2. The van der Waals surface area contributed by atoms with Crippen molar-refractivity contribution < 1.29 is 29.3 Å². The Bertz CT molecular complexity index is 355. The summed E-state index contributed by atoms with van der Waals surface area (Å²) in [7, 11) is 0. The van der Waals surface area contributed by atoms with Crippen molar-refractivity contribution in [3.63, 3.8) is 0 Å². The summed E-state index contributed by atoms with van der Waals surface area (Å²) in [6.07, 6.45) is 4.16. The molecule has 0 radical (unpaired) electrons. The molecule has 0 aromatic heterocycles. The van der Waals surface area contributed by atoms with E-state index < -0.39 is 18.2 Å². The van der Waals surface area contributed by atoms with Crippen LogP contribution in [0.5, 0.6) is 0 Å². The molecule has 0 spiro atoms. The molecule has 6 nitrogen and oxygen atoms in total. The fraction of sp³-hybridized carbons (Fsp3) is 0.667. The van der Waals surface area contributed by atoms with Gasteiger partial charge in [-0.25, -0.2) is 9.59 Å². The topological polar surface area (TPSA) is 93.1 Å². The molecule has 140 valence electrons. The summed E-state index contributed by atoms with van der Waals surface area (Å²) in [5.41, 5.74) is 0.542. The van der Waals surface area contributed by atoms with Gasteiger partial charge in [0.15, 0.2) is 0 Å². The lowest BCUT2D eigenvalue weighted by atomic mass is 10.2. The molecule has 0 aromatic carbocycles. The van der Waals surface area contributed by atoms with Gasteiger partial charge in [-0.05, 0) is 33.1 Å². The van der Waals surface area contributed by atoms with Crippen LogP contribution in [0.15, 0.2) is 24.3 Å². The van der Waals surface area contributed by atoms with Crippen molar-refractivity contribution in [2.75, 3.05) is 13.2 Å². The maximum Gasteiger partial charge on any atom is 0.336 e. The van der Waals surface area contributed by atoms with Gasteiger partial charge in [0.05, 0.1) is 0 Å². The number of hydrogen-bond donors (Lipinski definition) is 2. The summed E-state index contributed by atoms with van der Waals surface area (Å²) in [5, 5.41) is 16.6. The van der Waals surface area contributed by atoms with Crippen LogP contribution in [0.1, 0.15) is 59.3 Å². The van der Waals surface area contributed by atoms with E-state index in [0.29, 0.717) is 6.42 Å². The number of carbonyl (C=O) groups excluding carboxylic acids is 2. The second-order valence-electron chi connectivity index (χ2n) is 5.45. The average Bonchev–Trinajstić information content (AvgIpc) is 2.52. The first kappa shape index (κ1) is 24.6. The van der Waals surface area contributed by atoms with Crippen LogP contribution in [0, 0.1) is 0 Å². The Labute approximate surface area is 145 Å². The first-order valence-electron chi connectivity index (χ1n) is 8.24. The number of esters is 2. The Morgan fingerprint density at radius 3 is 1.50 bits per heavy atom. The van der Waals surface area contributed by atoms with Crippen LogP contribution < -0.4 is 0 Å². The molecular weight excluding hydrogens is 312 g/mol. The van der Waals surface area contributed by atoms with Gasteiger partial charge >= 0.3 is 11.9 Å². The predicted molar refractivity (Wildman–Crippen MR) is 93.1 cm³/mol. The van der Waals surface area contributed by atoms with E-state index in [2.05, 4.69) is 13.2 Å². The molecule has 6 heteroatoms. The minimum Gasteiger partial charge on any atom is -0.422 e. The molecule has 0 aliphatic carbocycles. The summed E-state index contributed by atoms with van der Waals surface area (Å²) in [6, 6.07) is 0. The van der Waals surface area contributed by atoms with E-state index in [-0.39, 0.29) is 24.4 Å². The van der Waals surface area contributed by atoms with Crippen molar-refractivity contribution in [1.29, 1.82) is 0 Å².